The van der Waals surface area contributed by atoms with Gasteiger partial charge in [0, 0.05) is 18.7 Å². The van der Waals surface area contributed by atoms with Crippen LogP contribution in [0.4, 0.5) is 0 Å². The molecule has 0 aromatic carbocycles. The summed E-state index contributed by atoms with van der Waals surface area (Å²) in [5.74, 6) is 0.972. The molecule has 1 heterocycles. The van der Waals surface area contributed by atoms with Crippen molar-refractivity contribution in [2.24, 2.45) is 5.92 Å². The van der Waals surface area contributed by atoms with Crippen LogP contribution in [0.3, 0.4) is 0 Å². The molecule has 2 unspecified atom stereocenters. The predicted molar refractivity (Wildman–Crippen MR) is 70.1 cm³/mol. The molecule has 0 radical (unpaired) electrons. The van der Waals surface area contributed by atoms with E-state index in [4.69, 9.17) is 4.74 Å². The van der Waals surface area contributed by atoms with Crippen molar-refractivity contribution in [3.05, 3.63) is 0 Å². The van der Waals surface area contributed by atoms with Gasteiger partial charge in [-0.25, -0.2) is 0 Å². The molecule has 0 amide bonds. The number of nitrogens with one attached hydrogen (secondary N) is 1. The number of ether oxygens (including phenoxy) is 1. The zero-order valence-corrected chi connectivity index (χ0v) is 11.2. The lowest BCUT2D eigenvalue weighted by atomic mass is 9.78. The zero-order valence-electron chi connectivity index (χ0n) is 11.2. The molecule has 3 rings (SSSR count). The Labute approximate surface area is 105 Å². The van der Waals surface area contributed by atoms with Crippen LogP contribution in [0.15, 0.2) is 0 Å². The molecule has 0 aromatic heterocycles. The normalized spacial score (nSPS) is 34.8. The second-order valence-electron chi connectivity index (χ2n) is 6.57. The van der Waals surface area contributed by atoms with E-state index in [-0.39, 0.29) is 5.60 Å². The van der Waals surface area contributed by atoms with Crippen molar-refractivity contribution < 1.29 is 4.74 Å². The zero-order chi connectivity index (χ0) is 11.7. The molecule has 0 bridgehead atoms. The van der Waals surface area contributed by atoms with E-state index in [9.17, 15) is 0 Å². The van der Waals surface area contributed by atoms with Crippen LogP contribution in [0, 0.1) is 5.92 Å². The molecule has 3 aliphatic rings. The van der Waals surface area contributed by atoms with Crippen LogP contribution in [0.5, 0.6) is 0 Å². The first kappa shape index (κ1) is 12.0. The Kier molecular flexibility index (Phi) is 3.45. The summed E-state index contributed by atoms with van der Waals surface area (Å²) in [6.45, 7) is 3.36. The minimum Gasteiger partial charge on any atom is -0.375 e. The Morgan fingerprint density at radius 2 is 1.88 bits per heavy atom. The van der Waals surface area contributed by atoms with Crippen molar-refractivity contribution in [3.8, 4) is 0 Å². The molecular weight excluding hydrogens is 210 g/mol. The second kappa shape index (κ2) is 4.89. The van der Waals surface area contributed by atoms with Gasteiger partial charge in [0.2, 0.25) is 0 Å². The molecule has 2 saturated carbocycles. The van der Waals surface area contributed by atoms with E-state index >= 15 is 0 Å². The fraction of sp³-hybridized carbons (Fsp3) is 1.00. The molecule has 2 aliphatic carbocycles. The van der Waals surface area contributed by atoms with Crippen LogP contribution >= 0.6 is 0 Å². The number of hydrogen-bond donors (Lipinski definition) is 1. The fourth-order valence-electron chi connectivity index (χ4n) is 3.82. The van der Waals surface area contributed by atoms with Gasteiger partial charge in [-0.3, -0.25) is 0 Å². The third-order valence-corrected chi connectivity index (χ3v) is 5.09. The number of rotatable bonds is 3. The monoisotopic (exact) mass is 237 g/mol. The smallest absolute Gasteiger partial charge is 0.0697 e. The Hall–Kier alpha value is -0.0800. The van der Waals surface area contributed by atoms with Gasteiger partial charge in [-0.1, -0.05) is 19.3 Å². The van der Waals surface area contributed by atoms with Crippen molar-refractivity contribution >= 4 is 0 Å². The standard InChI is InChI=1S/C15H27NO/c1-12(13-5-6-13)16-14-7-10-17-15(11-14)8-3-2-4-9-15/h12-14,16H,2-11H2,1H3. The predicted octanol–water partition coefficient (Wildman–Crippen LogP) is 3.26. The maximum absolute atomic E-state index is 6.15. The third kappa shape index (κ3) is 2.85. The summed E-state index contributed by atoms with van der Waals surface area (Å²) < 4.78 is 6.15. The van der Waals surface area contributed by atoms with E-state index in [2.05, 4.69) is 12.2 Å². The van der Waals surface area contributed by atoms with Gasteiger partial charge in [0.1, 0.15) is 0 Å². The Morgan fingerprint density at radius 1 is 1.12 bits per heavy atom. The molecule has 2 heteroatoms. The first-order valence-electron chi connectivity index (χ1n) is 7.67. The molecule has 2 nitrogen and oxygen atoms in total. The molecule has 2 atom stereocenters. The summed E-state index contributed by atoms with van der Waals surface area (Å²) in [6, 6.07) is 1.45. The van der Waals surface area contributed by atoms with Crippen molar-refractivity contribution in [2.75, 3.05) is 6.61 Å². The van der Waals surface area contributed by atoms with Crippen molar-refractivity contribution in [1.29, 1.82) is 0 Å². The molecule has 1 aliphatic heterocycles. The van der Waals surface area contributed by atoms with E-state index < -0.39 is 0 Å². The minimum absolute atomic E-state index is 0.261. The molecular formula is C15H27NO. The highest BCUT2D eigenvalue weighted by Gasteiger charge is 2.39. The largest absolute Gasteiger partial charge is 0.375 e. The topological polar surface area (TPSA) is 21.3 Å². The molecule has 17 heavy (non-hydrogen) atoms. The summed E-state index contributed by atoms with van der Waals surface area (Å²) in [6.07, 6.45) is 12.2. The van der Waals surface area contributed by atoms with Gasteiger partial charge in [0.25, 0.3) is 0 Å². The third-order valence-electron chi connectivity index (χ3n) is 5.09. The molecule has 3 fully saturated rings. The van der Waals surface area contributed by atoms with Gasteiger partial charge in [-0.2, -0.15) is 0 Å². The minimum atomic E-state index is 0.261. The highest BCUT2D eigenvalue weighted by Crippen LogP contribution is 2.39. The Bertz CT molecular complexity index is 250. The van der Waals surface area contributed by atoms with Gasteiger partial charge in [0.15, 0.2) is 0 Å². The van der Waals surface area contributed by atoms with Gasteiger partial charge in [-0.15, -0.1) is 0 Å². The maximum atomic E-state index is 6.15. The first-order chi connectivity index (χ1) is 8.27. The SMILES string of the molecule is CC(NC1CCOC2(CCCCC2)C1)C1CC1. The van der Waals surface area contributed by atoms with Crippen LogP contribution < -0.4 is 5.32 Å². The second-order valence-corrected chi connectivity index (χ2v) is 6.57. The van der Waals surface area contributed by atoms with Gasteiger partial charge in [-0.05, 0) is 51.4 Å². The van der Waals surface area contributed by atoms with E-state index in [0.717, 1.165) is 24.6 Å². The molecule has 98 valence electrons. The molecule has 1 N–H and O–H groups in total. The van der Waals surface area contributed by atoms with Gasteiger partial charge in [0.05, 0.1) is 5.60 Å². The summed E-state index contributed by atoms with van der Waals surface area (Å²) in [5.41, 5.74) is 0.261. The highest BCUT2D eigenvalue weighted by atomic mass is 16.5. The summed E-state index contributed by atoms with van der Waals surface area (Å²) >= 11 is 0. The van der Waals surface area contributed by atoms with Crippen LogP contribution in [0.1, 0.15) is 64.7 Å². The Balaban J connectivity index is 1.54. The lowest BCUT2D eigenvalue weighted by Crippen LogP contribution is -2.50. The Morgan fingerprint density at radius 3 is 2.59 bits per heavy atom. The highest BCUT2D eigenvalue weighted by molar-refractivity contribution is 4.94. The lowest BCUT2D eigenvalue weighted by molar-refractivity contribution is -0.110. The molecule has 0 aromatic rings. The van der Waals surface area contributed by atoms with E-state index in [1.165, 1.54) is 57.8 Å². The lowest BCUT2D eigenvalue weighted by Gasteiger charge is -2.44. The molecule has 1 spiro atoms. The first-order valence-corrected chi connectivity index (χ1v) is 7.67. The van der Waals surface area contributed by atoms with Crippen molar-refractivity contribution in [3.63, 3.8) is 0 Å². The van der Waals surface area contributed by atoms with Crippen LogP contribution in [-0.2, 0) is 4.74 Å². The van der Waals surface area contributed by atoms with Crippen LogP contribution in [0.2, 0.25) is 0 Å². The fourth-order valence-corrected chi connectivity index (χ4v) is 3.82. The van der Waals surface area contributed by atoms with Gasteiger partial charge >= 0.3 is 0 Å². The number of hydrogen-bond acceptors (Lipinski definition) is 2. The summed E-state index contributed by atoms with van der Waals surface area (Å²) in [4.78, 5) is 0. The average molecular weight is 237 g/mol. The molecule has 1 saturated heterocycles. The summed E-state index contributed by atoms with van der Waals surface area (Å²) in [5, 5.41) is 3.87. The average Bonchev–Trinajstić information content (AvgIpc) is 3.14. The van der Waals surface area contributed by atoms with Crippen LogP contribution in [-0.4, -0.2) is 24.3 Å². The van der Waals surface area contributed by atoms with Gasteiger partial charge < -0.3 is 10.1 Å². The quantitative estimate of drug-likeness (QED) is 0.813. The van der Waals surface area contributed by atoms with Crippen molar-refractivity contribution in [2.45, 2.75) is 82.4 Å². The van der Waals surface area contributed by atoms with Crippen molar-refractivity contribution in [1.82, 2.24) is 5.32 Å². The van der Waals surface area contributed by atoms with Crippen LogP contribution in [0.25, 0.3) is 0 Å². The van der Waals surface area contributed by atoms with E-state index in [0.29, 0.717) is 0 Å². The maximum Gasteiger partial charge on any atom is 0.0697 e. The van der Waals surface area contributed by atoms with E-state index in [1.807, 2.05) is 0 Å². The summed E-state index contributed by atoms with van der Waals surface area (Å²) in [7, 11) is 0. The van der Waals surface area contributed by atoms with E-state index in [1.54, 1.807) is 0 Å².